The molecule has 6 aromatic carbocycles. The van der Waals surface area contributed by atoms with Gasteiger partial charge in [-0.25, -0.2) is 14.4 Å². The number of esters is 2. The molecule has 0 unspecified atom stereocenters. The summed E-state index contributed by atoms with van der Waals surface area (Å²) in [5, 5.41) is 0. The quantitative estimate of drug-likeness (QED) is 0.0932. The van der Waals surface area contributed by atoms with Gasteiger partial charge in [-0.15, -0.1) is 0 Å². The topological polar surface area (TPSA) is 88.1 Å². The van der Waals surface area contributed by atoms with Crippen molar-refractivity contribution in [2.45, 2.75) is 13.8 Å². The summed E-state index contributed by atoms with van der Waals surface area (Å²) < 4.78 is 26.1. The molecule has 0 spiro atoms. The van der Waals surface area contributed by atoms with Gasteiger partial charge in [0.15, 0.2) is 11.5 Å². The van der Waals surface area contributed by atoms with Gasteiger partial charge in [0.05, 0.1) is 46.6 Å². The molecule has 0 N–H and O–H groups in total. The molecule has 7 nitrogen and oxygen atoms in total. The number of rotatable bonds is 6. The molecule has 0 bridgehead atoms. The van der Waals surface area contributed by atoms with E-state index in [0.717, 1.165) is 17.9 Å². The second-order valence-corrected chi connectivity index (χ2v) is 17.4. The van der Waals surface area contributed by atoms with Crippen LogP contribution in [-0.2, 0) is 9.47 Å². The average molecular weight is 1170 g/mol. The highest BCUT2D eigenvalue weighted by molar-refractivity contribution is 9.11. The molecule has 0 aromatic heterocycles. The molecule has 0 aliphatic carbocycles. The van der Waals surface area contributed by atoms with Gasteiger partial charge in [-0.2, -0.15) is 0 Å². The molecule has 0 aliphatic rings. The normalized spacial score (nSPS) is 9.23. The Balaban J connectivity index is 1.49. The number of ether oxygens (including phenoxy) is 4. The van der Waals surface area contributed by atoms with Crippen molar-refractivity contribution in [2.75, 3.05) is 13.2 Å². The van der Waals surface area contributed by atoms with E-state index in [1.54, 1.807) is 13.8 Å². The molecular weight excluding hydrogens is 1140 g/mol. The molecular formula is C59H30Br4O7. The zero-order valence-electron chi connectivity index (χ0n) is 36.8. The van der Waals surface area contributed by atoms with Crippen molar-refractivity contribution in [3.8, 4) is 106 Å². The average Bonchev–Trinajstić information content (AvgIpc) is 3.35. The molecule has 0 atom stereocenters. The predicted octanol–water partition coefficient (Wildman–Crippen LogP) is 12.3. The summed E-state index contributed by atoms with van der Waals surface area (Å²) in [6.07, 6.45) is -1.28. The molecule has 0 radical (unpaired) electrons. The maximum atomic E-state index is 14.3. The number of benzene rings is 6. The van der Waals surface area contributed by atoms with Crippen molar-refractivity contribution in [2.24, 2.45) is 0 Å². The highest BCUT2D eigenvalue weighted by atomic mass is 79.9. The van der Waals surface area contributed by atoms with Crippen LogP contribution >= 0.6 is 63.7 Å². The van der Waals surface area contributed by atoms with Crippen LogP contribution < -0.4 is 9.47 Å². The highest BCUT2D eigenvalue weighted by Gasteiger charge is 2.23. The lowest BCUT2D eigenvalue weighted by atomic mass is 10.0. The third kappa shape index (κ3) is 16.0. The fraction of sp³-hybridized carbons (Fsp3) is 0.0678. The third-order valence-corrected chi connectivity index (χ3v) is 10.9. The van der Waals surface area contributed by atoms with Gasteiger partial charge in [0.25, 0.3) is 0 Å². The van der Waals surface area contributed by atoms with Crippen LogP contribution in [0.15, 0.2) is 139 Å². The minimum absolute atomic E-state index is 0.0434. The smallest absolute Gasteiger partial charge is 0.462 e. The fourth-order valence-electron chi connectivity index (χ4n) is 5.64. The van der Waals surface area contributed by atoms with E-state index in [1.807, 2.05) is 97.1 Å². The maximum Gasteiger partial charge on any atom is 0.519 e. The van der Waals surface area contributed by atoms with Crippen LogP contribution in [0.25, 0.3) is 0 Å². The molecule has 0 amide bonds. The van der Waals surface area contributed by atoms with Gasteiger partial charge in [0, 0.05) is 40.1 Å². The van der Waals surface area contributed by atoms with Gasteiger partial charge < -0.3 is 18.9 Å². The lowest BCUT2D eigenvalue weighted by molar-refractivity contribution is 0.0516. The van der Waals surface area contributed by atoms with Gasteiger partial charge in [-0.3, -0.25) is 0 Å². The molecule has 11 heteroatoms. The zero-order chi connectivity index (χ0) is 49.7. The second-order valence-electron chi connectivity index (χ2n) is 13.7. The van der Waals surface area contributed by atoms with E-state index in [-0.39, 0.29) is 58.1 Å². The fourth-order valence-corrected chi connectivity index (χ4v) is 6.70. The van der Waals surface area contributed by atoms with E-state index in [0.29, 0.717) is 22.3 Å². The number of carbonyl (C=O) groups is 3. The van der Waals surface area contributed by atoms with Crippen molar-refractivity contribution in [1.82, 2.24) is 0 Å². The lowest BCUT2D eigenvalue weighted by Crippen LogP contribution is -2.18. The van der Waals surface area contributed by atoms with E-state index in [1.165, 1.54) is 24.3 Å². The van der Waals surface area contributed by atoms with E-state index in [4.69, 9.17) is 18.9 Å². The van der Waals surface area contributed by atoms with E-state index >= 15 is 0 Å². The summed E-state index contributed by atoms with van der Waals surface area (Å²) in [4.78, 5) is 40.7. The molecule has 0 heterocycles. The summed E-state index contributed by atoms with van der Waals surface area (Å²) in [6, 6.07) is 34.8. The number of carbonyl (C=O) groups excluding carboxylic acids is 3. The summed E-state index contributed by atoms with van der Waals surface area (Å²) in [7, 11) is 0. The molecule has 6 aromatic rings. The van der Waals surface area contributed by atoms with Crippen molar-refractivity contribution in [3.05, 3.63) is 195 Å². The van der Waals surface area contributed by atoms with Gasteiger partial charge in [0.2, 0.25) is 0 Å². The highest BCUT2D eigenvalue weighted by Crippen LogP contribution is 2.30. The minimum atomic E-state index is -1.28. The molecule has 0 saturated heterocycles. The first-order valence-corrected chi connectivity index (χ1v) is 23.9. The molecule has 0 fully saturated rings. The Labute approximate surface area is 440 Å². The molecule has 336 valence electrons. The minimum Gasteiger partial charge on any atom is -0.462 e. The van der Waals surface area contributed by atoms with Gasteiger partial charge in [0.1, 0.15) is 0 Å². The molecule has 6 rings (SSSR count). The first-order valence-electron chi connectivity index (χ1n) is 20.7. The van der Waals surface area contributed by atoms with Crippen molar-refractivity contribution >= 4 is 81.8 Å². The first kappa shape index (κ1) is 51.3. The van der Waals surface area contributed by atoms with E-state index in [2.05, 4.69) is 158 Å². The summed E-state index contributed by atoms with van der Waals surface area (Å²) >= 11 is 13.7. The van der Waals surface area contributed by atoms with Crippen molar-refractivity contribution in [3.63, 3.8) is 0 Å². The Morgan fingerprint density at radius 1 is 0.371 bits per heavy atom. The molecule has 0 saturated carbocycles. The SMILES string of the molecule is CCOC(=O)c1cc(C#CC#Cc2ccc(Br)cc2)c(OC(=O)Oc2c(C#CC#Cc3ccc(Br)cc3)cc(C(=O)OCC)cc2C#CC#Cc2ccc(Br)cc2)c(C#CC#Cc2ccc(Br)cc2)c1. The van der Waals surface area contributed by atoms with Crippen molar-refractivity contribution < 1.29 is 33.3 Å². The predicted molar refractivity (Wildman–Crippen MR) is 283 cm³/mol. The monoisotopic (exact) mass is 1170 g/mol. The summed E-state index contributed by atoms with van der Waals surface area (Å²) in [6.45, 7) is 3.51. The summed E-state index contributed by atoms with van der Waals surface area (Å²) in [5.74, 6) is 44.1. The van der Waals surface area contributed by atoms with Crippen LogP contribution in [-0.4, -0.2) is 31.3 Å². The van der Waals surface area contributed by atoms with Crippen LogP contribution in [0.4, 0.5) is 4.79 Å². The van der Waals surface area contributed by atoms with Crippen LogP contribution in [0.1, 0.15) is 79.1 Å². The number of halogens is 4. The van der Waals surface area contributed by atoms with Crippen LogP contribution in [0.3, 0.4) is 0 Å². The molecule has 70 heavy (non-hydrogen) atoms. The standard InChI is InChI=1S/C59H30Br4O7/c1-3-67-57(64)49-37-45(17-9-5-13-41-21-29-51(60)30-22-41)55(46(38-49)18-10-6-14-42-23-31-52(61)32-24-42)69-59(66)70-56-47(19-11-7-15-43-25-33-53(62)34-26-43)39-50(58(65)68-4-2)40-48(56)20-12-8-16-44-27-35-54(63)36-28-44/h21-40H,3-4H2,1-2H3. The maximum absolute atomic E-state index is 14.3. The summed E-state index contributed by atoms with van der Waals surface area (Å²) in [5.41, 5.74) is 3.08. The van der Waals surface area contributed by atoms with Gasteiger partial charge in [-0.1, -0.05) is 87.4 Å². The van der Waals surface area contributed by atoms with Gasteiger partial charge in [-0.05, 0) is 206 Å². The Hall–Kier alpha value is -8.07. The van der Waals surface area contributed by atoms with Crippen LogP contribution in [0.2, 0.25) is 0 Å². The Morgan fingerprint density at radius 3 is 0.829 bits per heavy atom. The second kappa shape index (κ2) is 26.5. The Bertz CT molecular complexity index is 3080. The Morgan fingerprint density at radius 2 is 0.600 bits per heavy atom. The number of hydrogen-bond donors (Lipinski definition) is 0. The number of hydrogen-bond acceptors (Lipinski definition) is 7. The zero-order valence-corrected chi connectivity index (χ0v) is 43.2. The van der Waals surface area contributed by atoms with Crippen LogP contribution in [0.5, 0.6) is 11.5 Å². The molecule has 0 aliphatic heterocycles. The van der Waals surface area contributed by atoms with E-state index < -0.39 is 18.1 Å². The third-order valence-electron chi connectivity index (χ3n) is 8.81. The van der Waals surface area contributed by atoms with Crippen LogP contribution in [0, 0.1) is 94.7 Å². The van der Waals surface area contributed by atoms with Crippen molar-refractivity contribution in [1.29, 1.82) is 0 Å². The first-order chi connectivity index (χ1) is 34.0. The van der Waals surface area contributed by atoms with Gasteiger partial charge >= 0.3 is 18.1 Å². The Kier molecular flexibility index (Phi) is 19.4. The van der Waals surface area contributed by atoms with E-state index in [9.17, 15) is 14.4 Å². The largest absolute Gasteiger partial charge is 0.519 e. The lowest BCUT2D eigenvalue weighted by Gasteiger charge is -2.14.